The quantitative estimate of drug-likeness (QED) is 0.736. The standard InChI is InChI=1S/C15H28N2O3/c1-3-19-8-9-20-13-4-6-17(7-5-13)15(18)14-11-16-10-12(14)2/h12-14,16H,3-11H2,1-2H3/t12-,14-/m1/s1. The average Bonchev–Trinajstić information content (AvgIpc) is 2.90. The average molecular weight is 284 g/mol. The summed E-state index contributed by atoms with van der Waals surface area (Å²) in [5.74, 6) is 0.961. The number of hydrogen-bond donors (Lipinski definition) is 1. The molecule has 5 nitrogen and oxygen atoms in total. The van der Waals surface area contributed by atoms with E-state index in [1.807, 2.05) is 11.8 Å². The van der Waals surface area contributed by atoms with Crippen molar-refractivity contribution in [3.8, 4) is 0 Å². The van der Waals surface area contributed by atoms with Crippen LogP contribution in [0, 0.1) is 11.8 Å². The zero-order valence-corrected chi connectivity index (χ0v) is 12.8. The van der Waals surface area contributed by atoms with Gasteiger partial charge in [-0.25, -0.2) is 0 Å². The Labute approximate surface area is 122 Å². The minimum absolute atomic E-state index is 0.172. The number of ether oxygens (including phenoxy) is 2. The van der Waals surface area contributed by atoms with E-state index in [2.05, 4.69) is 12.2 Å². The highest BCUT2D eigenvalue weighted by Gasteiger charge is 2.34. The van der Waals surface area contributed by atoms with E-state index >= 15 is 0 Å². The molecule has 2 heterocycles. The van der Waals surface area contributed by atoms with Crippen molar-refractivity contribution in [2.24, 2.45) is 11.8 Å². The van der Waals surface area contributed by atoms with Gasteiger partial charge in [0.2, 0.25) is 5.91 Å². The number of hydrogen-bond acceptors (Lipinski definition) is 4. The number of carbonyl (C=O) groups is 1. The lowest BCUT2D eigenvalue weighted by Gasteiger charge is -2.34. The van der Waals surface area contributed by atoms with Crippen molar-refractivity contribution < 1.29 is 14.3 Å². The van der Waals surface area contributed by atoms with E-state index in [4.69, 9.17) is 9.47 Å². The Balaban J connectivity index is 1.67. The van der Waals surface area contributed by atoms with Crippen LogP contribution in [-0.2, 0) is 14.3 Å². The number of carbonyl (C=O) groups excluding carboxylic acids is 1. The van der Waals surface area contributed by atoms with Crippen molar-refractivity contribution in [2.45, 2.75) is 32.8 Å². The molecule has 116 valence electrons. The summed E-state index contributed by atoms with van der Waals surface area (Å²) >= 11 is 0. The Bertz CT molecular complexity index is 303. The lowest BCUT2D eigenvalue weighted by molar-refractivity contribution is -0.138. The SMILES string of the molecule is CCOCCOC1CCN(C(=O)[C@@H]2CNC[C@H]2C)CC1. The van der Waals surface area contributed by atoms with E-state index in [1.54, 1.807) is 0 Å². The Kier molecular flexibility index (Phi) is 6.26. The van der Waals surface area contributed by atoms with Gasteiger partial charge in [0, 0.05) is 26.2 Å². The number of nitrogens with one attached hydrogen (secondary N) is 1. The molecule has 2 aliphatic rings. The Morgan fingerprint density at radius 3 is 2.60 bits per heavy atom. The van der Waals surface area contributed by atoms with Gasteiger partial charge in [0.05, 0.1) is 25.2 Å². The fourth-order valence-electron chi connectivity index (χ4n) is 3.04. The van der Waals surface area contributed by atoms with Crippen molar-refractivity contribution in [3.63, 3.8) is 0 Å². The molecule has 20 heavy (non-hydrogen) atoms. The summed E-state index contributed by atoms with van der Waals surface area (Å²) in [6.45, 7) is 9.69. The fraction of sp³-hybridized carbons (Fsp3) is 0.933. The topological polar surface area (TPSA) is 50.8 Å². The molecule has 0 aromatic heterocycles. The van der Waals surface area contributed by atoms with E-state index in [0.29, 0.717) is 31.1 Å². The second-order valence-electron chi connectivity index (χ2n) is 5.83. The van der Waals surface area contributed by atoms with Crippen LogP contribution in [0.3, 0.4) is 0 Å². The Morgan fingerprint density at radius 1 is 1.25 bits per heavy atom. The van der Waals surface area contributed by atoms with Crippen molar-refractivity contribution in [1.82, 2.24) is 10.2 Å². The summed E-state index contributed by atoms with van der Waals surface area (Å²) in [7, 11) is 0. The molecule has 0 aromatic rings. The van der Waals surface area contributed by atoms with E-state index in [9.17, 15) is 4.79 Å². The molecule has 1 N–H and O–H groups in total. The predicted molar refractivity (Wildman–Crippen MR) is 77.6 cm³/mol. The van der Waals surface area contributed by atoms with Crippen molar-refractivity contribution in [1.29, 1.82) is 0 Å². The van der Waals surface area contributed by atoms with Gasteiger partial charge in [-0.1, -0.05) is 6.92 Å². The summed E-state index contributed by atoms with van der Waals surface area (Å²) in [5.41, 5.74) is 0. The van der Waals surface area contributed by atoms with Crippen LogP contribution in [-0.4, -0.2) is 62.9 Å². The Morgan fingerprint density at radius 2 is 2.00 bits per heavy atom. The third-order valence-corrected chi connectivity index (χ3v) is 4.37. The summed E-state index contributed by atoms with van der Waals surface area (Å²) in [5, 5.41) is 3.30. The second-order valence-corrected chi connectivity index (χ2v) is 5.83. The van der Waals surface area contributed by atoms with E-state index < -0.39 is 0 Å². The molecule has 2 fully saturated rings. The number of likely N-dealkylation sites (tertiary alicyclic amines) is 1. The van der Waals surface area contributed by atoms with Crippen LogP contribution in [0.1, 0.15) is 26.7 Å². The smallest absolute Gasteiger partial charge is 0.227 e. The van der Waals surface area contributed by atoms with Crippen LogP contribution in [0.4, 0.5) is 0 Å². The molecule has 2 rings (SSSR count). The van der Waals surface area contributed by atoms with Gasteiger partial charge in [0.1, 0.15) is 0 Å². The molecule has 2 aliphatic heterocycles. The van der Waals surface area contributed by atoms with Gasteiger partial charge in [-0.2, -0.15) is 0 Å². The first-order chi connectivity index (χ1) is 9.72. The monoisotopic (exact) mass is 284 g/mol. The highest BCUT2D eigenvalue weighted by molar-refractivity contribution is 5.79. The molecule has 1 amide bonds. The van der Waals surface area contributed by atoms with Gasteiger partial charge in [0.25, 0.3) is 0 Å². The largest absolute Gasteiger partial charge is 0.379 e. The maximum atomic E-state index is 12.4. The molecule has 0 aromatic carbocycles. The van der Waals surface area contributed by atoms with Gasteiger partial charge in [0.15, 0.2) is 0 Å². The zero-order chi connectivity index (χ0) is 14.4. The molecule has 0 aliphatic carbocycles. The molecule has 2 saturated heterocycles. The van der Waals surface area contributed by atoms with E-state index in [0.717, 1.165) is 45.6 Å². The lowest BCUT2D eigenvalue weighted by Crippen LogP contribution is -2.45. The molecule has 0 unspecified atom stereocenters. The summed E-state index contributed by atoms with van der Waals surface area (Å²) in [4.78, 5) is 14.5. The fourth-order valence-corrected chi connectivity index (χ4v) is 3.04. The maximum Gasteiger partial charge on any atom is 0.227 e. The van der Waals surface area contributed by atoms with Gasteiger partial charge in [-0.3, -0.25) is 4.79 Å². The highest BCUT2D eigenvalue weighted by Crippen LogP contribution is 2.22. The van der Waals surface area contributed by atoms with E-state index in [1.165, 1.54) is 0 Å². The van der Waals surface area contributed by atoms with E-state index in [-0.39, 0.29) is 5.92 Å². The number of rotatable bonds is 6. The normalized spacial score (nSPS) is 28.0. The molecule has 0 radical (unpaired) electrons. The van der Waals surface area contributed by atoms with Crippen molar-refractivity contribution in [2.75, 3.05) is 46.0 Å². The van der Waals surface area contributed by atoms with Gasteiger partial charge < -0.3 is 19.7 Å². The number of nitrogens with zero attached hydrogens (tertiary/aromatic N) is 1. The molecule has 2 atom stereocenters. The zero-order valence-electron chi connectivity index (χ0n) is 12.8. The maximum absolute atomic E-state index is 12.4. The van der Waals surface area contributed by atoms with Crippen LogP contribution >= 0.6 is 0 Å². The van der Waals surface area contributed by atoms with Crippen LogP contribution < -0.4 is 5.32 Å². The molecule has 0 saturated carbocycles. The summed E-state index contributed by atoms with van der Waals surface area (Å²) in [6.07, 6.45) is 2.19. The van der Waals surface area contributed by atoms with Crippen molar-refractivity contribution >= 4 is 5.91 Å². The highest BCUT2D eigenvalue weighted by atomic mass is 16.5. The second kappa shape index (κ2) is 7.96. The minimum Gasteiger partial charge on any atom is -0.379 e. The molecule has 5 heteroatoms. The third kappa shape index (κ3) is 4.17. The van der Waals surface area contributed by atoms with Gasteiger partial charge in [-0.05, 0) is 32.2 Å². The minimum atomic E-state index is 0.172. The predicted octanol–water partition coefficient (Wildman–Crippen LogP) is 0.886. The molecular formula is C15H28N2O3. The summed E-state index contributed by atoms with van der Waals surface area (Å²) in [6, 6.07) is 0. The van der Waals surface area contributed by atoms with Crippen LogP contribution in [0.15, 0.2) is 0 Å². The first-order valence-corrected chi connectivity index (χ1v) is 7.91. The van der Waals surface area contributed by atoms with Crippen LogP contribution in [0.25, 0.3) is 0 Å². The molecule has 0 bridgehead atoms. The number of piperidine rings is 1. The third-order valence-electron chi connectivity index (χ3n) is 4.37. The van der Waals surface area contributed by atoms with Gasteiger partial charge >= 0.3 is 0 Å². The lowest BCUT2D eigenvalue weighted by atomic mass is 9.95. The van der Waals surface area contributed by atoms with Crippen molar-refractivity contribution in [3.05, 3.63) is 0 Å². The van der Waals surface area contributed by atoms with Crippen LogP contribution in [0.5, 0.6) is 0 Å². The Hall–Kier alpha value is -0.650. The van der Waals surface area contributed by atoms with Crippen LogP contribution in [0.2, 0.25) is 0 Å². The van der Waals surface area contributed by atoms with Gasteiger partial charge in [-0.15, -0.1) is 0 Å². The first kappa shape index (κ1) is 15.7. The number of amides is 1. The molecule has 0 spiro atoms. The first-order valence-electron chi connectivity index (χ1n) is 7.91. The molecular weight excluding hydrogens is 256 g/mol. The summed E-state index contributed by atoms with van der Waals surface area (Å²) < 4.78 is 11.1.